The van der Waals surface area contributed by atoms with Gasteiger partial charge in [-0.05, 0) is 43.5 Å². The molecule has 1 aromatic carbocycles. The number of halogens is 1. The molecule has 2 heterocycles. The minimum atomic E-state index is -0.140. The number of rotatable bonds is 4. The largest absolute Gasteiger partial charge is 0.380 e. The second-order valence-electron chi connectivity index (χ2n) is 5.48. The highest BCUT2D eigenvalue weighted by Crippen LogP contribution is 2.27. The molecule has 1 N–H and O–H groups in total. The molecular formula is C17H20FN3. The van der Waals surface area contributed by atoms with Crippen molar-refractivity contribution in [3.63, 3.8) is 0 Å². The molecular weight excluding hydrogens is 265 g/mol. The van der Waals surface area contributed by atoms with Gasteiger partial charge in [-0.2, -0.15) is 0 Å². The van der Waals surface area contributed by atoms with Crippen molar-refractivity contribution in [2.75, 3.05) is 23.3 Å². The first-order valence-electron chi connectivity index (χ1n) is 7.42. The summed E-state index contributed by atoms with van der Waals surface area (Å²) in [4.78, 5) is 6.35. The van der Waals surface area contributed by atoms with Crippen LogP contribution in [-0.4, -0.2) is 18.1 Å². The predicted molar refractivity (Wildman–Crippen MR) is 84.1 cm³/mol. The van der Waals surface area contributed by atoms with Crippen molar-refractivity contribution in [1.29, 1.82) is 0 Å². The van der Waals surface area contributed by atoms with Crippen LogP contribution in [0.25, 0.3) is 0 Å². The van der Waals surface area contributed by atoms with Crippen molar-refractivity contribution < 1.29 is 4.39 Å². The van der Waals surface area contributed by atoms with Gasteiger partial charge in [-0.25, -0.2) is 4.39 Å². The van der Waals surface area contributed by atoms with Crippen LogP contribution in [0.3, 0.4) is 0 Å². The molecule has 3 rings (SSSR count). The number of aryl methyl sites for hydroxylation is 1. The summed E-state index contributed by atoms with van der Waals surface area (Å²) in [6.45, 7) is 4.52. The number of benzene rings is 1. The van der Waals surface area contributed by atoms with Crippen molar-refractivity contribution in [2.24, 2.45) is 0 Å². The number of hydrogen-bond acceptors (Lipinski definition) is 3. The number of aromatic nitrogens is 1. The molecule has 0 unspecified atom stereocenters. The molecule has 2 aromatic rings. The van der Waals surface area contributed by atoms with Crippen molar-refractivity contribution in [3.8, 4) is 0 Å². The molecule has 3 nitrogen and oxygen atoms in total. The number of pyridine rings is 1. The second-order valence-corrected chi connectivity index (χ2v) is 5.48. The summed E-state index contributed by atoms with van der Waals surface area (Å²) in [7, 11) is 0. The quantitative estimate of drug-likeness (QED) is 0.927. The zero-order valence-corrected chi connectivity index (χ0v) is 12.3. The molecule has 1 aliphatic heterocycles. The fourth-order valence-corrected chi connectivity index (χ4v) is 2.83. The van der Waals surface area contributed by atoms with Gasteiger partial charge >= 0.3 is 0 Å². The lowest BCUT2D eigenvalue weighted by atomic mass is 10.1. The zero-order chi connectivity index (χ0) is 14.7. The molecule has 21 heavy (non-hydrogen) atoms. The van der Waals surface area contributed by atoms with Crippen LogP contribution in [0, 0.1) is 12.7 Å². The Labute approximate surface area is 124 Å². The maximum atomic E-state index is 14.2. The van der Waals surface area contributed by atoms with Crippen LogP contribution in [0.5, 0.6) is 0 Å². The van der Waals surface area contributed by atoms with E-state index in [4.69, 9.17) is 0 Å². The first kappa shape index (κ1) is 13.9. The highest BCUT2D eigenvalue weighted by atomic mass is 19.1. The Hall–Kier alpha value is -2.10. The van der Waals surface area contributed by atoms with Crippen LogP contribution in [-0.2, 0) is 6.54 Å². The lowest BCUT2D eigenvalue weighted by molar-refractivity contribution is 0.612. The maximum Gasteiger partial charge on any atom is 0.130 e. The highest BCUT2D eigenvalue weighted by molar-refractivity contribution is 5.57. The SMILES string of the molecule is Cc1cnccc1NCc1c(F)cccc1N1CCCC1. The topological polar surface area (TPSA) is 28.2 Å². The lowest BCUT2D eigenvalue weighted by Gasteiger charge is -2.22. The number of hydrogen-bond donors (Lipinski definition) is 1. The molecule has 1 aliphatic rings. The van der Waals surface area contributed by atoms with Gasteiger partial charge in [0.1, 0.15) is 5.82 Å². The summed E-state index contributed by atoms with van der Waals surface area (Å²) in [5, 5.41) is 3.33. The van der Waals surface area contributed by atoms with Gasteiger partial charge in [0.25, 0.3) is 0 Å². The lowest BCUT2D eigenvalue weighted by Crippen LogP contribution is -2.20. The van der Waals surface area contributed by atoms with Gasteiger partial charge in [0.05, 0.1) is 0 Å². The third-order valence-electron chi connectivity index (χ3n) is 4.02. The van der Waals surface area contributed by atoms with Crippen LogP contribution in [0.2, 0.25) is 0 Å². The molecule has 1 fully saturated rings. The average molecular weight is 285 g/mol. The molecule has 0 amide bonds. The summed E-state index contributed by atoms with van der Waals surface area (Å²) < 4.78 is 14.2. The summed E-state index contributed by atoms with van der Waals surface area (Å²) >= 11 is 0. The molecule has 0 saturated carbocycles. The molecule has 0 atom stereocenters. The van der Waals surface area contributed by atoms with Crippen LogP contribution in [0.1, 0.15) is 24.0 Å². The Kier molecular flexibility index (Phi) is 4.04. The van der Waals surface area contributed by atoms with Gasteiger partial charge in [0, 0.05) is 49.0 Å². The molecule has 4 heteroatoms. The van der Waals surface area contributed by atoms with Crippen molar-refractivity contribution in [2.45, 2.75) is 26.3 Å². The van der Waals surface area contributed by atoms with E-state index in [2.05, 4.69) is 15.2 Å². The third kappa shape index (κ3) is 2.99. The number of anilines is 2. The molecule has 0 spiro atoms. The van der Waals surface area contributed by atoms with Crippen LogP contribution >= 0.6 is 0 Å². The number of nitrogens with one attached hydrogen (secondary N) is 1. The second kappa shape index (κ2) is 6.12. The first-order valence-corrected chi connectivity index (χ1v) is 7.42. The normalized spacial score (nSPS) is 14.5. The van der Waals surface area contributed by atoms with Crippen LogP contribution in [0.4, 0.5) is 15.8 Å². The van der Waals surface area contributed by atoms with Crippen molar-refractivity contribution in [1.82, 2.24) is 4.98 Å². The van der Waals surface area contributed by atoms with Gasteiger partial charge in [0.15, 0.2) is 0 Å². The fourth-order valence-electron chi connectivity index (χ4n) is 2.83. The summed E-state index contributed by atoms with van der Waals surface area (Å²) in [6, 6.07) is 7.27. The smallest absolute Gasteiger partial charge is 0.130 e. The minimum Gasteiger partial charge on any atom is -0.380 e. The molecule has 0 bridgehead atoms. The van der Waals surface area contributed by atoms with E-state index in [0.717, 1.165) is 35.6 Å². The van der Waals surface area contributed by atoms with E-state index in [-0.39, 0.29) is 5.82 Å². The molecule has 1 aromatic heterocycles. The van der Waals surface area contributed by atoms with E-state index in [9.17, 15) is 4.39 Å². The van der Waals surface area contributed by atoms with Crippen LogP contribution < -0.4 is 10.2 Å². The average Bonchev–Trinajstić information content (AvgIpc) is 3.01. The van der Waals surface area contributed by atoms with E-state index in [1.54, 1.807) is 12.3 Å². The van der Waals surface area contributed by atoms with Gasteiger partial charge < -0.3 is 10.2 Å². The Morgan fingerprint density at radius 1 is 1.24 bits per heavy atom. The Morgan fingerprint density at radius 3 is 2.81 bits per heavy atom. The molecule has 0 aliphatic carbocycles. The maximum absolute atomic E-state index is 14.2. The molecule has 1 saturated heterocycles. The molecule has 0 radical (unpaired) electrons. The van der Waals surface area contributed by atoms with E-state index in [1.807, 2.05) is 25.3 Å². The van der Waals surface area contributed by atoms with Gasteiger partial charge in [-0.3, -0.25) is 4.98 Å². The van der Waals surface area contributed by atoms with Gasteiger partial charge in [-0.15, -0.1) is 0 Å². The van der Waals surface area contributed by atoms with E-state index in [1.165, 1.54) is 18.9 Å². The Morgan fingerprint density at radius 2 is 2.05 bits per heavy atom. The predicted octanol–water partition coefficient (Wildman–Crippen LogP) is 3.74. The van der Waals surface area contributed by atoms with Crippen molar-refractivity contribution in [3.05, 3.63) is 53.6 Å². The van der Waals surface area contributed by atoms with E-state index in [0.29, 0.717) is 6.54 Å². The Balaban J connectivity index is 1.83. The fraction of sp³-hybridized carbons (Fsp3) is 0.353. The minimum absolute atomic E-state index is 0.140. The van der Waals surface area contributed by atoms with Crippen LogP contribution in [0.15, 0.2) is 36.7 Å². The van der Waals surface area contributed by atoms with E-state index < -0.39 is 0 Å². The standard InChI is InChI=1S/C17H20FN3/c1-13-11-19-8-7-16(13)20-12-14-15(18)5-4-6-17(14)21-9-2-3-10-21/h4-8,11H,2-3,9-10,12H2,1H3,(H,19,20). The highest BCUT2D eigenvalue weighted by Gasteiger charge is 2.17. The van der Waals surface area contributed by atoms with Gasteiger partial charge in [0.2, 0.25) is 0 Å². The molecule has 110 valence electrons. The first-order chi connectivity index (χ1) is 10.3. The van der Waals surface area contributed by atoms with E-state index >= 15 is 0 Å². The summed E-state index contributed by atoms with van der Waals surface area (Å²) in [6.07, 6.45) is 5.93. The number of nitrogens with zero attached hydrogens (tertiary/aromatic N) is 2. The zero-order valence-electron chi connectivity index (χ0n) is 12.3. The summed E-state index contributed by atoms with van der Waals surface area (Å²) in [5.41, 5.74) is 3.83. The van der Waals surface area contributed by atoms with Crippen molar-refractivity contribution >= 4 is 11.4 Å². The third-order valence-corrected chi connectivity index (χ3v) is 4.02. The monoisotopic (exact) mass is 285 g/mol. The summed E-state index contributed by atoms with van der Waals surface area (Å²) in [5.74, 6) is -0.140. The van der Waals surface area contributed by atoms with Gasteiger partial charge in [-0.1, -0.05) is 6.07 Å². The Bertz CT molecular complexity index is 621.